The van der Waals surface area contributed by atoms with Crippen LogP contribution in [0.15, 0.2) is 6.07 Å². The van der Waals surface area contributed by atoms with Crippen LogP contribution in [0, 0.1) is 0 Å². The maximum absolute atomic E-state index is 4.81. The van der Waals surface area contributed by atoms with E-state index in [9.17, 15) is 0 Å². The Morgan fingerprint density at radius 2 is 2.15 bits per heavy atom. The van der Waals surface area contributed by atoms with Crippen LogP contribution in [-0.2, 0) is 5.41 Å². The van der Waals surface area contributed by atoms with Crippen LogP contribution in [0.25, 0.3) is 0 Å². The van der Waals surface area contributed by atoms with Crippen molar-refractivity contribution in [2.24, 2.45) is 0 Å². The van der Waals surface area contributed by atoms with Crippen LogP contribution in [0.2, 0.25) is 0 Å². The van der Waals surface area contributed by atoms with Crippen LogP contribution in [0.5, 0.6) is 0 Å². The van der Waals surface area contributed by atoms with Crippen molar-refractivity contribution in [1.29, 1.82) is 0 Å². The van der Waals surface area contributed by atoms with Gasteiger partial charge in [-0.3, -0.25) is 0 Å². The number of anilines is 2. The van der Waals surface area contributed by atoms with Crippen molar-refractivity contribution in [1.82, 2.24) is 9.97 Å². The van der Waals surface area contributed by atoms with Gasteiger partial charge in [0.15, 0.2) is 0 Å². The minimum Gasteiger partial charge on any atom is -0.373 e. The molecule has 4 nitrogen and oxygen atoms in total. The molecule has 0 saturated carbocycles. The molecule has 1 aliphatic heterocycles. The number of hydrogen-bond donors (Lipinski definition) is 1. The van der Waals surface area contributed by atoms with Crippen LogP contribution in [0.3, 0.4) is 0 Å². The lowest BCUT2D eigenvalue weighted by atomic mass is 9.96. The zero-order chi connectivity index (χ0) is 14.8. The Balaban J connectivity index is 2.30. The Kier molecular flexibility index (Phi) is 4.78. The highest BCUT2D eigenvalue weighted by Gasteiger charge is 2.24. The van der Waals surface area contributed by atoms with Gasteiger partial charge in [0.05, 0.1) is 0 Å². The molecule has 0 radical (unpaired) electrons. The van der Waals surface area contributed by atoms with Crippen molar-refractivity contribution in [2.75, 3.05) is 36.1 Å². The summed E-state index contributed by atoms with van der Waals surface area (Å²) in [6.45, 7) is 10.9. The molecule has 0 aliphatic carbocycles. The molecule has 5 heteroatoms. The second-order valence-corrected chi connectivity index (χ2v) is 7.69. The molecule has 0 spiro atoms. The molecule has 1 atom stereocenters. The molecule has 0 aromatic carbocycles. The van der Waals surface area contributed by atoms with Crippen LogP contribution in [0.1, 0.15) is 39.9 Å². The van der Waals surface area contributed by atoms with Gasteiger partial charge >= 0.3 is 0 Å². The Hall–Kier alpha value is -0.970. The van der Waals surface area contributed by atoms with E-state index in [1.807, 2.05) is 7.05 Å². The van der Waals surface area contributed by atoms with E-state index < -0.39 is 0 Å². The van der Waals surface area contributed by atoms with Gasteiger partial charge in [-0.05, 0) is 6.42 Å². The Bertz CT molecular complexity index is 456. The lowest BCUT2D eigenvalue weighted by Crippen LogP contribution is -2.38. The van der Waals surface area contributed by atoms with Gasteiger partial charge in [-0.25, -0.2) is 9.97 Å². The van der Waals surface area contributed by atoms with Gasteiger partial charge in [-0.2, -0.15) is 11.8 Å². The quantitative estimate of drug-likeness (QED) is 0.927. The molecule has 1 aromatic rings. The number of nitrogens with one attached hydrogen (secondary N) is 1. The van der Waals surface area contributed by atoms with Gasteiger partial charge in [-0.15, -0.1) is 0 Å². The van der Waals surface area contributed by atoms with Crippen molar-refractivity contribution < 1.29 is 0 Å². The number of aromatic nitrogens is 2. The summed E-state index contributed by atoms with van der Waals surface area (Å²) in [6, 6.07) is 2.07. The molecule has 1 unspecified atom stereocenters. The first kappa shape index (κ1) is 15.4. The van der Waals surface area contributed by atoms with E-state index in [1.165, 1.54) is 12.2 Å². The summed E-state index contributed by atoms with van der Waals surface area (Å²) < 4.78 is 0. The highest BCUT2D eigenvalue weighted by atomic mass is 32.2. The lowest BCUT2D eigenvalue weighted by Gasteiger charge is -2.33. The van der Waals surface area contributed by atoms with E-state index in [1.54, 1.807) is 0 Å². The molecular weight excluding hydrogens is 268 g/mol. The summed E-state index contributed by atoms with van der Waals surface area (Å²) >= 11 is 2.08. The van der Waals surface area contributed by atoms with Crippen molar-refractivity contribution in [2.45, 2.75) is 44.8 Å². The van der Waals surface area contributed by atoms with E-state index in [-0.39, 0.29) is 5.41 Å². The van der Waals surface area contributed by atoms with Gasteiger partial charge in [0, 0.05) is 42.6 Å². The average molecular weight is 294 g/mol. The van der Waals surface area contributed by atoms with Gasteiger partial charge in [0.25, 0.3) is 0 Å². The molecule has 1 aromatic heterocycles. The summed E-state index contributed by atoms with van der Waals surface area (Å²) in [4.78, 5) is 11.8. The zero-order valence-corrected chi connectivity index (χ0v) is 14.0. The normalized spacial score (nSPS) is 20.1. The Morgan fingerprint density at radius 1 is 1.40 bits per heavy atom. The first-order valence-electron chi connectivity index (χ1n) is 7.38. The zero-order valence-electron chi connectivity index (χ0n) is 13.2. The number of thioether (sulfide) groups is 1. The van der Waals surface area contributed by atoms with Crippen molar-refractivity contribution in [3.05, 3.63) is 11.9 Å². The van der Waals surface area contributed by atoms with E-state index in [4.69, 9.17) is 4.98 Å². The van der Waals surface area contributed by atoms with Crippen molar-refractivity contribution in [3.63, 3.8) is 0 Å². The third-order valence-corrected chi connectivity index (χ3v) is 4.93. The average Bonchev–Trinajstić information content (AvgIpc) is 2.46. The van der Waals surface area contributed by atoms with Gasteiger partial charge in [0.2, 0.25) is 0 Å². The van der Waals surface area contributed by atoms with E-state index >= 15 is 0 Å². The largest absolute Gasteiger partial charge is 0.373 e. The topological polar surface area (TPSA) is 41.0 Å². The van der Waals surface area contributed by atoms with Crippen molar-refractivity contribution >= 4 is 23.4 Å². The SMILES string of the molecule is CCC1CN(c2cc(NC)nc(C(C)(C)C)n2)CCS1. The maximum Gasteiger partial charge on any atom is 0.138 e. The van der Waals surface area contributed by atoms with E-state index in [0.29, 0.717) is 0 Å². The molecule has 0 bridgehead atoms. The highest BCUT2D eigenvalue weighted by Crippen LogP contribution is 2.28. The summed E-state index contributed by atoms with van der Waals surface area (Å²) in [7, 11) is 1.92. The molecule has 1 N–H and O–H groups in total. The van der Waals surface area contributed by atoms with Gasteiger partial charge in [-0.1, -0.05) is 27.7 Å². The second kappa shape index (κ2) is 6.20. The fourth-order valence-electron chi connectivity index (χ4n) is 2.23. The first-order chi connectivity index (χ1) is 9.44. The Labute approximate surface area is 126 Å². The lowest BCUT2D eigenvalue weighted by molar-refractivity contribution is 0.544. The molecule has 0 amide bonds. The van der Waals surface area contributed by atoms with Crippen LogP contribution in [0.4, 0.5) is 11.6 Å². The summed E-state index contributed by atoms with van der Waals surface area (Å²) in [5, 5.41) is 3.88. The predicted octanol–water partition coefficient (Wildman–Crippen LogP) is 3.15. The van der Waals surface area contributed by atoms with E-state index in [0.717, 1.165) is 35.8 Å². The molecule has 1 fully saturated rings. The second-order valence-electron chi connectivity index (χ2n) is 6.28. The smallest absolute Gasteiger partial charge is 0.138 e. The fourth-order valence-corrected chi connectivity index (χ4v) is 3.41. The monoisotopic (exact) mass is 294 g/mol. The number of nitrogens with zero attached hydrogens (tertiary/aromatic N) is 3. The molecule has 1 aliphatic rings. The summed E-state index contributed by atoms with van der Waals surface area (Å²) in [6.07, 6.45) is 1.22. The third kappa shape index (κ3) is 3.57. The Morgan fingerprint density at radius 3 is 2.75 bits per heavy atom. The molecule has 1 saturated heterocycles. The highest BCUT2D eigenvalue weighted by molar-refractivity contribution is 8.00. The molecule has 2 heterocycles. The van der Waals surface area contributed by atoms with Gasteiger partial charge < -0.3 is 10.2 Å². The minimum absolute atomic E-state index is 0.0314. The fraction of sp³-hybridized carbons (Fsp3) is 0.733. The molecular formula is C15H26N4S. The molecule has 112 valence electrons. The summed E-state index contributed by atoms with van der Waals surface area (Å²) in [5.41, 5.74) is -0.0314. The van der Waals surface area contributed by atoms with Gasteiger partial charge in [0.1, 0.15) is 17.5 Å². The standard InChI is InChI=1S/C15H26N4S/c1-6-11-10-19(7-8-20-11)13-9-12(16-5)17-14(18-13)15(2,3)4/h9,11H,6-8,10H2,1-5H3,(H,16,17,18). The van der Waals surface area contributed by atoms with Crippen LogP contribution < -0.4 is 10.2 Å². The van der Waals surface area contributed by atoms with E-state index in [2.05, 4.69) is 60.7 Å². The summed E-state index contributed by atoms with van der Waals surface area (Å²) in [5.74, 6) is 4.06. The minimum atomic E-state index is -0.0314. The number of hydrogen-bond acceptors (Lipinski definition) is 5. The maximum atomic E-state index is 4.81. The first-order valence-corrected chi connectivity index (χ1v) is 8.42. The van der Waals surface area contributed by atoms with Crippen LogP contribution >= 0.6 is 11.8 Å². The molecule has 2 rings (SSSR count). The third-order valence-electron chi connectivity index (χ3n) is 3.56. The molecule has 20 heavy (non-hydrogen) atoms. The predicted molar refractivity (Wildman–Crippen MR) is 89.0 cm³/mol. The number of rotatable bonds is 3. The van der Waals surface area contributed by atoms with Crippen LogP contribution in [-0.4, -0.2) is 41.1 Å². The van der Waals surface area contributed by atoms with Crippen molar-refractivity contribution in [3.8, 4) is 0 Å².